The SMILES string of the molecule is CCCc1nnsc1C(=O)NCCN. The van der Waals surface area contributed by atoms with Crippen LogP contribution in [-0.4, -0.2) is 28.6 Å². The van der Waals surface area contributed by atoms with Gasteiger partial charge in [0.1, 0.15) is 4.88 Å². The van der Waals surface area contributed by atoms with E-state index in [0.717, 1.165) is 30.1 Å². The zero-order chi connectivity index (χ0) is 10.4. The van der Waals surface area contributed by atoms with Crippen LogP contribution in [-0.2, 0) is 6.42 Å². The van der Waals surface area contributed by atoms with Crippen LogP contribution in [0, 0.1) is 0 Å². The highest BCUT2D eigenvalue weighted by atomic mass is 32.1. The van der Waals surface area contributed by atoms with Crippen LogP contribution in [0.5, 0.6) is 0 Å². The molecule has 1 aromatic heterocycles. The third-order valence-corrected chi connectivity index (χ3v) is 2.45. The molecule has 0 bridgehead atoms. The lowest BCUT2D eigenvalue weighted by molar-refractivity contribution is 0.0957. The highest BCUT2D eigenvalue weighted by molar-refractivity contribution is 7.08. The maximum Gasteiger partial charge on any atom is 0.264 e. The van der Waals surface area contributed by atoms with Gasteiger partial charge in [-0.25, -0.2) is 0 Å². The van der Waals surface area contributed by atoms with E-state index in [4.69, 9.17) is 5.73 Å². The summed E-state index contributed by atoms with van der Waals surface area (Å²) in [5.74, 6) is -0.117. The summed E-state index contributed by atoms with van der Waals surface area (Å²) in [6, 6.07) is 0. The first-order valence-electron chi connectivity index (χ1n) is 4.59. The molecular formula is C8H14N4OS. The van der Waals surface area contributed by atoms with Crippen LogP contribution in [0.4, 0.5) is 0 Å². The van der Waals surface area contributed by atoms with Gasteiger partial charge in [-0.3, -0.25) is 4.79 Å². The van der Waals surface area contributed by atoms with E-state index in [2.05, 4.69) is 14.9 Å². The van der Waals surface area contributed by atoms with Crippen molar-refractivity contribution in [2.45, 2.75) is 19.8 Å². The molecule has 0 aliphatic heterocycles. The molecule has 0 aliphatic rings. The average Bonchev–Trinajstić information content (AvgIpc) is 2.63. The lowest BCUT2D eigenvalue weighted by Crippen LogP contribution is -2.29. The average molecular weight is 214 g/mol. The molecule has 1 heterocycles. The van der Waals surface area contributed by atoms with Crippen LogP contribution in [0.1, 0.15) is 28.7 Å². The summed E-state index contributed by atoms with van der Waals surface area (Å²) in [4.78, 5) is 12.1. The quantitative estimate of drug-likeness (QED) is 0.732. The van der Waals surface area contributed by atoms with Crippen molar-refractivity contribution in [2.75, 3.05) is 13.1 Å². The fraction of sp³-hybridized carbons (Fsp3) is 0.625. The third kappa shape index (κ3) is 2.74. The molecule has 0 unspecified atom stereocenters. The Morgan fingerprint density at radius 3 is 3.07 bits per heavy atom. The number of aryl methyl sites for hydroxylation is 1. The van der Waals surface area contributed by atoms with Crippen LogP contribution in [0.25, 0.3) is 0 Å². The van der Waals surface area contributed by atoms with Crippen LogP contribution < -0.4 is 11.1 Å². The largest absolute Gasteiger partial charge is 0.350 e. The molecule has 0 aromatic carbocycles. The van der Waals surface area contributed by atoms with Gasteiger partial charge in [-0.1, -0.05) is 17.8 Å². The molecule has 5 nitrogen and oxygen atoms in total. The summed E-state index contributed by atoms with van der Waals surface area (Å²) in [5, 5.41) is 6.61. The Morgan fingerprint density at radius 1 is 1.64 bits per heavy atom. The van der Waals surface area contributed by atoms with Gasteiger partial charge >= 0.3 is 0 Å². The van der Waals surface area contributed by atoms with Gasteiger partial charge in [0, 0.05) is 13.1 Å². The van der Waals surface area contributed by atoms with E-state index >= 15 is 0 Å². The van der Waals surface area contributed by atoms with Crippen molar-refractivity contribution in [1.29, 1.82) is 0 Å². The first kappa shape index (κ1) is 11.1. The second-order valence-electron chi connectivity index (χ2n) is 2.84. The number of nitrogens with one attached hydrogen (secondary N) is 1. The van der Waals surface area contributed by atoms with Gasteiger partial charge in [-0.15, -0.1) is 5.10 Å². The number of nitrogens with two attached hydrogens (primary N) is 1. The minimum atomic E-state index is -0.117. The van der Waals surface area contributed by atoms with Gasteiger partial charge in [0.25, 0.3) is 5.91 Å². The minimum absolute atomic E-state index is 0.117. The van der Waals surface area contributed by atoms with Gasteiger partial charge in [-0.2, -0.15) is 0 Å². The van der Waals surface area contributed by atoms with Crippen LogP contribution >= 0.6 is 11.5 Å². The summed E-state index contributed by atoms with van der Waals surface area (Å²) < 4.78 is 3.77. The highest BCUT2D eigenvalue weighted by Gasteiger charge is 2.14. The molecule has 0 spiro atoms. The summed E-state index contributed by atoms with van der Waals surface area (Å²) in [6.45, 7) is 2.98. The molecular weight excluding hydrogens is 200 g/mol. The van der Waals surface area contributed by atoms with Crippen molar-refractivity contribution in [3.8, 4) is 0 Å². The van der Waals surface area contributed by atoms with Crippen molar-refractivity contribution in [2.24, 2.45) is 5.73 Å². The molecule has 0 fully saturated rings. The minimum Gasteiger partial charge on any atom is -0.350 e. The van der Waals surface area contributed by atoms with Gasteiger partial charge < -0.3 is 11.1 Å². The Balaban J connectivity index is 2.63. The molecule has 0 saturated carbocycles. The Bertz CT molecular complexity index is 299. The monoisotopic (exact) mass is 214 g/mol. The van der Waals surface area contributed by atoms with Crippen molar-refractivity contribution in [1.82, 2.24) is 14.9 Å². The van der Waals surface area contributed by atoms with Crippen LogP contribution in [0.15, 0.2) is 0 Å². The number of carbonyl (C=O) groups is 1. The van der Waals surface area contributed by atoms with Gasteiger partial charge in [0.05, 0.1) is 5.69 Å². The Labute approximate surface area is 86.9 Å². The van der Waals surface area contributed by atoms with Gasteiger partial charge in [0.15, 0.2) is 0 Å². The number of amides is 1. The highest BCUT2D eigenvalue weighted by Crippen LogP contribution is 2.11. The lowest BCUT2D eigenvalue weighted by Gasteiger charge is -2.01. The molecule has 1 rings (SSSR count). The van der Waals surface area contributed by atoms with E-state index < -0.39 is 0 Å². The van der Waals surface area contributed by atoms with Gasteiger partial charge in [-0.05, 0) is 18.0 Å². The fourth-order valence-electron chi connectivity index (χ4n) is 1.05. The lowest BCUT2D eigenvalue weighted by atomic mass is 10.2. The Morgan fingerprint density at radius 2 is 2.43 bits per heavy atom. The van der Waals surface area contributed by atoms with E-state index in [9.17, 15) is 4.79 Å². The number of hydrogen-bond acceptors (Lipinski definition) is 5. The summed E-state index contributed by atoms with van der Waals surface area (Å²) in [7, 11) is 0. The van der Waals surface area contributed by atoms with Crippen molar-refractivity contribution in [3.05, 3.63) is 10.6 Å². The molecule has 3 N–H and O–H groups in total. The maximum absolute atomic E-state index is 11.5. The number of rotatable bonds is 5. The van der Waals surface area contributed by atoms with E-state index in [0.29, 0.717) is 18.0 Å². The second-order valence-corrected chi connectivity index (χ2v) is 3.60. The topological polar surface area (TPSA) is 80.9 Å². The van der Waals surface area contributed by atoms with Crippen LogP contribution in [0.2, 0.25) is 0 Å². The van der Waals surface area contributed by atoms with E-state index in [-0.39, 0.29) is 5.91 Å². The Hall–Kier alpha value is -1.01. The normalized spacial score (nSPS) is 10.1. The molecule has 0 radical (unpaired) electrons. The molecule has 0 aliphatic carbocycles. The first-order valence-corrected chi connectivity index (χ1v) is 5.36. The van der Waals surface area contributed by atoms with Gasteiger partial charge in [0.2, 0.25) is 0 Å². The van der Waals surface area contributed by atoms with Crippen molar-refractivity contribution >= 4 is 17.4 Å². The molecule has 78 valence electrons. The maximum atomic E-state index is 11.5. The predicted octanol–water partition coefficient (Wildman–Crippen LogP) is 0.179. The standard InChI is InChI=1S/C8H14N4OS/c1-2-3-6-7(14-12-11-6)8(13)10-5-4-9/h2-5,9H2,1H3,(H,10,13). The predicted molar refractivity (Wildman–Crippen MR) is 55.3 cm³/mol. The van der Waals surface area contributed by atoms with E-state index in [1.54, 1.807) is 0 Å². The summed E-state index contributed by atoms with van der Waals surface area (Å²) in [5.41, 5.74) is 6.07. The third-order valence-electron chi connectivity index (χ3n) is 1.68. The molecule has 14 heavy (non-hydrogen) atoms. The summed E-state index contributed by atoms with van der Waals surface area (Å²) >= 11 is 1.13. The molecule has 1 aromatic rings. The molecule has 0 atom stereocenters. The van der Waals surface area contributed by atoms with E-state index in [1.807, 2.05) is 6.92 Å². The Kier molecular flexibility index (Phi) is 4.48. The van der Waals surface area contributed by atoms with Crippen molar-refractivity contribution < 1.29 is 4.79 Å². The van der Waals surface area contributed by atoms with E-state index in [1.165, 1.54) is 0 Å². The first-order chi connectivity index (χ1) is 6.79. The molecule has 1 amide bonds. The smallest absolute Gasteiger partial charge is 0.264 e. The zero-order valence-electron chi connectivity index (χ0n) is 8.12. The summed E-state index contributed by atoms with van der Waals surface area (Å²) in [6.07, 6.45) is 1.75. The second kappa shape index (κ2) is 5.66. The number of nitrogens with zero attached hydrogens (tertiary/aromatic N) is 2. The zero-order valence-corrected chi connectivity index (χ0v) is 8.93. The fourth-order valence-corrected chi connectivity index (χ4v) is 1.67. The van der Waals surface area contributed by atoms with Crippen molar-refractivity contribution in [3.63, 3.8) is 0 Å². The molecule has 0 saturated heterocycles. The molecule has 6 heteroatoms. The number of hydrogen-bond donors (Lipinski definition) is 2. The number of aromatic nitrogens is 2. The van der Waals surface area contributed by atoms with Crippen LogP contribution in [0.3, 0.4) is 0 Å². The number of carbonyl (C=O) groups excluding carboxylic acids is 1.